The lowest BCUT2D eigenvalue weighted by atomic mass is 10.1. The normalized spacial score (nSPS) is 32.5. The van der Waals surface area contributed by atoms with E-state index in [1.54, 1.807) is 0 Å². The average molecular weight is 204 g/mol. The van der Waals surface area contributed by atoms with Crippen LogP contribution < -0.4 is 11.5 Å². The third kappa shape index (κ3) is 2.00. The topological polar surface area (TPSA) is 114 Å². The summed E-state index contributed by atoms with van der Waals surface area (Å²) in [6, 6.07) is 0. The van der Waals surface area contributed by atoms with Gasteiger partial charge in [0.25, 0.3) is 0 Å². The third-order valence-electron chi connectivity index (χ3n) is 1.92. The van der Waals surface area contributed by atoms with Gasteiger partial charge in [-0.3, -0.25) is 9.59 Å². The van der Waals surface area contributed by atoms with Gasteiger partial charge in [0.1, 0.15) is 12.9 Å². The zero-order chi connectivity index (χ0) is 10.7. The van der Waals surface area contributed by atoms with E-state index in [2.05, 4.69) is 0 Å². The van der Waals surface area contributed by atoms with Gasteiger partial charge in [-0.1, -0.05) is 0 Å². The molecule has 14 heavy (non-hydrogen) atoms. The monoisotopic (exact) mass is 204 g/mol. The molecule has 1 saturated heterocycles. The number of methoxy groups -OCH3 is 1. The second-order valence-corrected chi connectivity index (χ2v) is 2.80. The van der Waals surface area contributed by atoms with Crippen LogP contribution in [0, 0.1) is 0 Å². The molecule has 4 N–H and O–H groups in total. The van der Waals surface area contributed by atoms with Gasteiger partial charge < -0.3 is 25.7 Å². The van der Waals surface area contributed by atoms with Gasteiger partial charge >= 0.3 is 0 Å². The van der Waals surface area contributed by atoms with Gasteiger partial charge in [0, 0.05) is 7.11 Å². The quantitative estimate of drug-likeness (QED) is 0.537. The van der Waals surface area contributed by atoms with Gasteiger partial charge in [-0.25, -0.2) is 0 Å². The predicted octanol–water partition coefficient (Wildman–Crippen LogP) is -2.29. The Bertz CT molecular complexity index is 222. The SMILES string of the molecule is COC1C(C(N)=O)OCOC1C(N)=O. The Kier molecular flexibility index (Phi) is 3.39. The molecule has 1 fully saturated rings. The van der Waals surface area contributed by atoms with Crippen molar-refractivity contribution in [2.24, 2.45) is 11.5 Å². The highest BCUT2D eigenvalue weighted by Gasteiger charge is 2.41. The summed E-state index contributed by atoms with van der Waals surface area (Å²) in [5.74, 6) is -1.43. The largest absolute Gasteiger partial charge is 0.375 e. The molecule has 7 heteroatoms. The summed E-state index contributed by atoms with van der Waals surface area (Å²) >= 11 is 0. The highest BCUT2D eigenvalue weighted by molar-refractivity contribution is 5.84. The van der Waals surface area contributed by atoms with E-state index >= 15 is 0 Å². The van der Waals surface area contributed by atoms with Gasteiger partial charge in [0.2, 0.25) is 11.8 Å². The summed E-state index contributed by atoms with van der Waals surface area (Å²) in [4.78, 5) is 21.8. The number of amides is 2. The van der Waals surface area contributed by atoms with Gasteiger partial charge in [-0.15, -0.1) is 0 Å². The van der Waals surface area contributed by atoms with Crippen molar-refractivity contribution in [3.05, 3.63) is 0 Å². The van der Waals surface area contributed by atoms with E-state index in [0.29, 0.717) is 0 Å². The van der Waals surface area contributed by atoms with Crippen molar-refractivity contribution >= 4 is 11.8 Å². The van der Waals surface area contributed by atoms with Crippen molar-refractivity contribution < 1.29 is 23.8 Å². The number of carbonyl (C=O) groups excluding carboxylic acids is 2. The highest BCUT2D eigenvalue weighted by Crippen LogP contribution is 2.16. The Morgan fingerprint density at radius 1 is 1.21 bits per heavy atom. The summed E-state index contributed by atoms with van der Waals surface area (Å²) in [7, 11) is 1.31. The van der Waals surface area contributed by atoms with Gasteiger partial charge in [-0.05, 0) is 0 Å². The summed E-state index contributed by atoms with van der Waals surface area (Å²) < 4.78 is 14.7. The van der Waals surface area contributed by atoms with E-state index in [0.717, 1.165) is 0 Å². The van der Waals surface area contributed by atoms with E-state index in [9.17, 15) is 9.59 Å². The van der Waals surface area contributed by atoms with Gasteiger partial charge in [0.15, 0.2) is 12.2 Å². The lowest BCUT2D eigenvalue weighted by Crippen LogP contribution is -2.57. The van der Waals surface area contributed by atoms with Crippen molar-refractivity contribution in [2.75, 3.05) is 13.9 Å². The molecule has 2 amide bonds. The third-order valence-corrected chi connectivity index (χ3v) is 1.92. The minimum absolute atomic E-state index is 0.207. The molecule has 2 unspecified atom stereocenters. The maximum absolute atomic E-state index is 10.9. The fourth-order valence-electron chi connectivity index (χ4n) is 1.27. The number of hydrogen-bond donors (Lipinski definition) is 2. The number of rotatable bonds is 3. The first-order valence-corrected chi connectivity index (χ1v) is 3.92. The molecule has 7 nitrogen and oxygen atoms in total. The Balaban J connectivity index is 2.79. The molecule has 1 heterocycles. The molecule has 0 spiro atoms. The summed E-state index contributed by atoms with van der Waals surface area (Å²) in [6.45, 7) is -0.207. The predicted molar refractivity (Wildman–Crippen MR) is 43.8 cm³/mol. The van der Waals surface area contributed by atoms with Crippen LogP contribution in [0.5, 0.6) is 0 Å². The van der Waals surface area contributed by atoms with E-state index in [4.69, 9.17) is 25.7 Å². The molecule has 0 radical (unpaired) electrons. The number of nitrogens with two attached hydrogens (primary N) is 2. The fraction of sp³-hybridized carbons (Fsp3) is 0.714. The summed E-state index contributed by atoms with van der Waals surface area (Å²) in [5.41, 5.74) is 10.1. The number of hydrogen-bond acceptors (Lipinski definition) is 5. The Labute approximate surface area is 80.3 Å². The van der Waals surface area contributed by atoms with Crippen molar-refractivity contribution in [2.45, 2.75) is 18.3 Å². The van der Waals surface area contributed by atoms with E-state index in [-0.39, 0.29) is 6.79 Å². The van der Waals surface area contributed by atoms with Crippen LogP contribution in [0.2, 0.25) is 0 Å². The van der Waals surface area contributed by atoms with Gasteiger partial charge in [0.05, 0.1) is 0 Å². The molecular weight excluding hydrogens is 192 g/mol. The standard InChI is InChI=1S/C7H12N2O5/c1-12-3-4(6(8)10)13-2-14-5(3)7(9)11/h3-5H,2H2,1H3,(H2,8,10)(H2,9,11). The van der Waals surface area contributed by atoms with E-state index in [1.807, 2.05) is 0 Å². The molecule has 0 bridgehead atoms. The number of primary amides is 2. The fourth-order valence-corrected chi connectivity index (χ4v) is 1.27. The van der Waals surface area contributed by atoms with Crippen LogP contribution in [0.3, 0.4) is 0 Å². The van der Waals surface area contributed by atoms with Crippen LogP contribution in [0.15, 0.2) is 0 Å². The second-order valence-electron chi connectivity index (χ2n) is 2.80. The Hall–Kier alpha value is -1.18. The molecule has 0 aromatic heterocycles. The van der Waals surface area contributed by atoms with E-state index in [1.165, 1.54) is 7.11 Å². The van der Waals surface area contributed by atoms with Crippen LogP contribution in [-0.2, 0) is 23.8 Å². The molecule has 1 rings (SSSR count). The first-order valence-electron chi connectivity index (χ1n) is 3.92. The maximum atomic E-state index is 10.9. The molecule has 80 valence electrons. The van der Waals surface area contributed by atoms with Crippen LogP contribution in [0.1, 0.15) is 0 Å². The molecule has 0 aromatic carbocycles. The van der Waals surface area contributed by atoms with Crippen LogP contribution >= 0.6 is 0 Å². The van der Waals surface area contributed by atoms with Crippen LogP contribution in [0.25, 0.3) is 0 Å². The van der Waals surface area contributed by atoms with E-state index < -0.39 is 30.1 Å². The Morgan fingerprint density at radius 2 is 1.64 bits per heavy atom. The molecule has 1 aliphatic heterocycles. The maximum Gasteiger partial charge on any atom is 0.249 e. The lowest BCUT2D eigenvalue weighted by molar-refractivity contribution is -0.229. The molecule has 2 atom stereocenters. The molecule has 0 saturated carbocycles. The van der Waals surface area contributed by atoms with Crippen LogP contribution in [0.4, 0.5) is 0 Å². The first kappa shape index (κ1) is 10.9. The Morgan fingerprint density at radius 3 is 1.93 bits per heavy atom. The van der Waals surface area contributed by atoms with Crippen molar-refractivity contribution in [3.8, 4) is 0 Å². The van der Waals surface area contributed by atoms with Crippen molar-refractivity contribution in [3.63, 3.8) is 0 Å². The zero-order valence-corrected chi connectivity index (χ0v) is 7.64. The van der Waals surface area contributed by atoms with Crippen molar-refractivity contribution in [1.82, 2.24) is 0 Å². The zero-order valence-electron chi connectivity index (χ0n) is 7.64. The molecule has 1 aliphatic rings. The number of carbonyl (C=O) groups is 2. The molecular formula is C7H12N2O5. The van der Waals surface area contributed by atoms with Gasteiger partial charge in [-0.2, -0.15) is 0 Å². The minimum Gasteiger partial charge on any atom is -0.375 e. The second kappa shape index (κ2) is 4.36. The minimum atomic E-state index is -1.01. The lowest BCUT2D eigenvalue weighted by Gasteiger charge is -2.33. The average Bonchev–Trinajstić information content (AvgIpc) is 2.16. The summed E-state index contributed by atoms with van der Waals surface area (Å²) in [5, 5.41) is 0. The molecule has 0 aliphatic carbocycles. The number of ether oxygens (including phenoxy) is 3. The summed E-state index contributed by atoms with van der Waals surface area (Å²) in [6.07, 6.45) is -2.91. The smallest absolute Gasteiger partial charge is 0.249 e. The first-order chi connectivity index (χ1) is 6.57. The van der Waals surface area contributed by atoms with Crippen LogP contribution in [-0.4, -0.2) is 44.0 Å². The van der Waals surface area contributed by atoms with Crippen molar-refractivity contribution in [1.29, 1.82) is 0 Å². The molecule has 0 aromatic rings. The highest BCUT2D eigenvalue weighted by atomic mass is 16.7.